The second kappa shape index (κ2) is 36.7. The topological polar surface area (TPSA) is 209 Å². The molecule has 350 valence electrons. The van der Waals surface area contributed by atoms with E-state index in [1.807, 2.05) is 18.2 Å². The number of carbonyl (C=O) groups excluding carboxylic acids is 3. The third-order valence-electron chi connectivity index (χ3n) is 9.86. The Hall–Kier alpha value is -3.71. The van der Waals surface area contributed by atoms with Crippen molar-refractivity contribution in [3.05, 3.63) is 85.1 Å². The number of carboxylic acid groups (broad SMARTS) is 1. The summed E-state index contributed by atoms with van der Waals surface area (Å²) in [6.45, 7) is 2.42. The van der Waals surface area contributed by atoms with Crippen molar-refractivity contribution in [3.63, 3.8) is 0 Å². The minimum atomic E-state index is -4.78. The van der Waals surface area contributed by atoms with Gasteiger partial charge in [-0.2, -0.15) is 0 Å². The smallest absolute Gasteiger partial charge is 0.472 e. The quantitative estimate of drug-likeness (QED) is 0.0197. The van der Waals surface area contributed by atoms with Crippen LogP contribution in [-0.2, 0) is 42.3 Å². The Bertz CT molecular complexity index is 1520. The SMILES string of the molecule is CCCCC/C=C\C/C=C\C/C=C\C/C=C\CCCCCC(=O)O[C@H](COC(=O)CCC/C=C\C[C@H]1C=CC(=O)[C@@H]1/C=C/[C@@H](O)CCCCC)COP(=O)(O)OC[C@H](N)C(=O)O. The molecule has 0 aromatic carbocycles. The Balaban J connectivity index is 2.48. The van der Waals surface area contributed by atoms with Crippen LogP contribution in [0.15, 0.2) is 85.1 Å². The summed E-state index contributed by atoms with van der Waals surface area (Å²) in [5.41, 5.74) is 5.33. The van der Waals surface area contributed by atoms with Crippen molar-refractivity contribution in [2.75, 3.05) is 19.8 Å². The third kappa shape index (κ3) is 31.2. The lowest BCUT2D eigenvalue weighted by molar-refractivity contribution is -0.161. The number of aliphatic carboxylic acids is 1. The van der Waals surface area contributed by atoms with E-state index in [4.69, 9.17) is 24.8 Å². The summed E-state index contributed by atoms with van der Waals surface area (Å²) in [4.78, 5) is 58.6. The van der Waals surface area contributed by atoms with Crippen molar-refractivity contribution in [2.24, 2.45) is 17.6 Å². The largest absolute Gasteiger partial charge is 0.480 e. The molecule has 0 saturated carbocycles. The molecule has 1 rings (SSSR count). The van der Waals surface area contributed by atoms with Crippen LogP contribution in [0.1, 0.15) is 142 Å². The minimum Gasteiger partial charge on any atom is -0.480 e. The van der Waals surface area contributed by atoms with Crippen LogP contribution in [0.4, 0.5) is 0 Å². The molecule has 0 radical (unpaired) electrons. The van der Waals surface area contributed by atoms with Crippen LogP contribution in [0.25, 0.3) is 0 Å². The minimum absolute atomic E-state index is 0.00566. The number of hydrogen-bond donors (Lipinski definition) is 4. The Kier molecular flexibility index (Phi) is 33.4. The highest BCUT2D eigenvalue weighted by molar-refractivity contribution is 7.47. The van der Waals surface area contributed by atoms with E-state index in [1.54, 1.807) is 18.2 Å². The fourth-order valence-corrected chi connectivity index (χ4v) is 6.93. The van der Waals surface area contributed by atoms with E-state index in [-0.39, 0.29) is 30.5 Å². The molecule has 1 aliphatic rings. The van der Waals surface area contributed by atoms with E-state index in [1.165, 1.54) is 19.3 Å². The average molecular weight is 890 g/mol. The van der Waals surface area contributed by atoms with Crippen molar-refractivity contribution in [3.8, 4) is 0 Å². The second-order valence-electron chi connectivity index (χ2n) is 15.5. The Morgan fingerprint density at radius 2 is 1.31 bits per heavy atom. The van der Waals surface area contributed by atoms with Crippen molar-refractivity contribution in [2.45, 2.75) is 161 Å². The van der Waals surface area contributed by atoms with E-state index in [0.717, 1.165) is 64.2 Å². The van der Waals surface area contributed by atoms with E-state index < -0.39 is 63.8 Å². The maximum absolute atomic E-state index is 12.7. The molecule has 1 aliphatic carbocycles. The molecular weight excluding hydrogens is 813 g/mol. The highest BCUT2D eigenvalue weighted by Gasteiger charge is 2.29. The highest BCUT2D eigenvalue weighted by atomic mass is 31.2. The number of ether oxygens (including phenoxy) is 2. The number of phosphoric acid groups is 1. The molecule has 62 heavy (non-hydrogen) atoms. The monoisotopic (exact) mass is 890 g/mol. The fraction of sp³-hybridized carbons (Fsp3) is 0.625. The summed E-state index contributed by atoms with van der Waals surface area (Å²) in [6, 6.07) is -1.56. The number of allylic oxidation sites excluding steroid dienone is 13. The summed E-state index contributed by atoms with van der Waals surface area (Å²) >= 11 is 0. The molecular formula is C48H76NO12P. The normalized spacial score (nSPS) is 18.2. The first-order valence-corrected chi connectivity index (χ1v) is 24.2. The molecule has 0 spiro atoms. The first-order chi connectivity index (χ1) is 29.9. The molecule has 0 bridgehead atoms. The van der Waals surface area contributed by atoms with Gasteiger partial charge in [-0.1, -0.05) is 131 Å². The van der Waals surface area contributed by atoms with Crippen LogP contribution in [0.3, 0.4) is 0 Å². The first kappa shape index (κ1) is 56.3. The molecule has 1 unspecified atom stereocenters. The molecule has 5 N–H and O–H groups in total. The van der Waals surface area contributed by atoms with Gasteiger partial charge in [-0.3, -0.25) is 28.2 Å². The van der Waals surface area contributed by atoms with E-state index in [2.05, 4.69) is 67.0 Å². The number of hydrogen-bond acceptors (Lipinski definition) is 11. The Morgan fingerprint density at radius 3 is 1.95 bits per heavy atom. The Labute approximate surface area is 370 Å². The van der Waals surface area contributed by atoms with E-state index in [0.29, 0.717) is 32.1 Å². The van der Waals surface area contributed by atoms with Crippen LogP contribution in [0.5, 0.6) is 0 Å². The van der Waals surface area contributed by atoms with Gasteiger partial charge in [-0.15, -0.1) is 0 Å². The summed E-state index contributed by atoms with van der Waals surface area (Å²) in [5.74, 6) is -2.90. The molecule has 6 atom stereocenters. The van der Waals surface area contributed by atoms with Crippen molar-refractivity contribution in [1.82, 2.24) is 0 Å². The predicted octanol–water partition coefficient (Wildman–Crippen LogP) is 9.90. The van der Waals surface area contributed by atoms with Gasteiger partial charge in [-0.05, 0) is 89.0 Å². The number of esters is 2. The van der Waals surface area contributed by atoms with Crippen molar-refractivity contribution in [1.29, 1.82) is 0 Å². The summed E-state index contributed by atoms with van der Waals surface area (Å²) < 4.78 is 32.7. The van der Waals surface area contributed by atoms with Gasteiger partial charge in [-0.25, -0.2) is 4.57 Å². The molecule has 0 heterocycles. The molecule has 0 amide bonds. The van der Waals surface area contributed by atoms with Gasteiger partial charge in [0.1, 0.15) is 12.6 Å². The lowest BCUT2D eigenvalue weighted by Crippen LogP contribution is -2.34. The van der Waals surface area contributed by atoms with Crippen LogP contribution in [0, 0.1) is 11.8 Å². The van der Waals surface area contributed by atoms with Gasteiger partial charge in [0.15, 0.2) is 11.9 Å². The summed E-state index contributed by atoms with van der Waals surface area (Å²) in [6.07, 6.45) is 42.8. The van der Waals surface area contributed by atoms with Gasteiger partial charge in [0.2, 0.25) is 0 Å². The maximum Gasteiger partial charge on any atom is 0.472 e. The second-order valence-corrected chi connectivity index (χ2v) is 16.9. The van der Waals surface area contributed by atoms with Crippen LogP contribution < -0.4 is 5.73 Å². The number of ketones is 1. The zero-order chi connectivity index (χ0) is 45.7. The molecule has 14 heteroatoms. The van der Waals surface area contributed by atoms with E-state index in [9.17, 15) is 33.7 Å². The average Bonchev–Trinajstić information content (AvgIpc) is 3.60. The number of nitrogens with two attached hydrogens (primary N) is 1. The van der Waals surface area contributed by atoms with Gasteiger partial charge in [0.05, 0.1) is 19.3 Å². The van der Waals surface area contributed by atoms with E-state index >= 15 is 0 Å². The molecule has 0 fully saturated rings. The highest BCUT2D eigenvalue weighted by Crippen LogP contribution is 2.43. The number of rotatable bonds is 38. The van der Waals surface area contributed by atoms with Crippen molar-refractivity contribution >= 4 is 31.5 Å². The number of phosphoric ester groups is 1. The predicted molar refractivity (Wildman–Crippen MR) is 244 cm³/mol. The number of carbonyl (C=O) groups is 4. The molecule has 0 saturated heterocycles. The van der Waals surface area contributed by atoms with Crippen LogP contribution in [0.2, 0.25) is 0 Å². The summed E-state index contributed by atoms with van der Waals surface area (Å²) in [5, 5.41) is 19.1. The van der Waals surface area contributed by atoms with Gasteiger partial charge in [0.25, 0.3) is 0 Å². The lowest BCUT2D eigenvalue weighted by atomic mass is 9.90. The third-order valence-corrected chi connectivity index (χ3v) is 10.8. The molecule has 0 aromatic rings. The van der Waals surface area contributed by atoms with Crippen LogP contribution >= 0.6 is 7.82 Å². The zero-order valence-corrected chi connectivity index (χ0v) is 38.2. The summed E-state index contributed by atoms with van der Waals surface area (Å²) in [7, 11) is -4.78. The number of unbranched alkanes of at least 4 members (excludes halogenated alkanes) is 9. The number of aliphatic hydroxyl groups excluding tert-OH is 1. The standard InChI is InChI=1S/C48H76NO12P/c1-3-5-7-8-9-10-11-12-13-14-15-16-17-18-19-20-21-22-28-32-47(53)61-42(38-59-62(56,57)60-39-44(49)48(54)55)37-58-46(52)31-27-24-23-26-29-40-33-36-45(51)43(40)35-34-41(50)30-25-6-4-2/h9-10,12-13,15-16,18-19,23,26,33-36,40-44,50H,3-8,11,14,17,20-22,24-25,27-32,37-39,49H2,1-2H3,(H,54,55)(H,56,57)/b10-9-,13-12-,16-15-,19-18-,26-23-,35-34+/t40-,41-,42+,43+,44-/m0/s1. The van der Waals surface area contributed by atoms with Gasteiger partial charge in [0, 0.05) is 18.8 Å². The molecule has 0 aliphatic heterocycles. The molecule has 13 nitrogen and oxygen atoms in total. The zero-order valence-electron chi connectivity index (χ0n) is 37.3. The van der Waals surface area contributed by atoms with Gasteiger partial charge < -0.3 is 30.3 Å². The lowest BCUT2D eigenvalue weighted by Gasteiger charge is -2.20. The maximum atomic E-state index is 12.7. The molecule has 0 aromatic heterocycles. The number of aliphatic hydroxyl groups is 1. The number of carboxylic acids is 1. The van der Waals surface area contributed by atoms with Crippen molar-refractivity contribution < 1.29 is 57.4 Å². The first-order valence-electron chi connectivity index (χ1n) is 22.7. The van der Waals surface area contributed by atoms with Gasteiger partial charge >= 0.3 is 25.7 Å². The Morgan fingerprint density at radius 1 is 0.742 bits per heavy atom. The fourth-order valence-electron chi connectivity index (χ4n) is 6.15. The van der Waals surface area contributed by atoms with Crippen LogP contribution in [-0.4, -0.2) is 76.9 Å².